The molecule has 23 heavy (non-hydrogen) atoms. The largest absolute Gasteiger partial charge is 0.377 e. The lowest BCUT2D eigenvalue weighted by atomic mass is 10.0. The van der Waals surface area contributed by atoms with Gasteiger partial charge in [-0.3, -0.25) is 9.69 Å². The number of hydrogen-bond donors (Lipinski definition) is 1. The molecule has 3 rings (SSSR count). The highest BCUT2D eigenvalue weighted by atomic mass is 32.1. The molecule has 0 radical (unpaired) electrons. The molecule has 0 bridgehead atoms. The third kappa shape index (κ3) is 4.19. The van der Waals surface area contributed by atoms with Crippen molar-refractivity contribution in [2.24, 2.45) is 0 Å². The van der Waals surface area contributed by atoms with Crippen LogP contribution in [0, 0.1) is 0 Å². The third-order valence-corrected chi connectivity index (χ3v) is 5.53. The van der Waals surface area contributed by atoms with Crippen LogP contribution < -0.4 is 10.2 Å². The first-order valence-electron chi connectivity index (χ1n) is 8.50. The van der Waals surface area contributed by atoms with Crippen LogP contribution in [0.1, 0.15) is 36.3 Å². The summed E-state index contributed by atoms with van der Waals surface area (Å²) in [5.74, 6) is 0.0500. The average Bonchev–Trinajstić information content (AvgIpc) is 3.21. The van der Waals surface area contributed by atoms with Crippen molar-refractivity contribution in [3.8, 4) is 0 Å². The van der Waals surface area contributed by atoms with Crippen molar-refractivity contribution in [1.29, 1.82) is 0 Å². The third-order valence-electron chi connectivity index (χ3n) is 4.35. The Bertz CT molecular complexity index is 529. The Labute approximate surface area is 141 Å². The zero-order valence-electron chi connectivity index (χ0n) is 13.6. The van der Waals surface area contributed by atoms with E-state index in [1.807, 2.05) is 0 Å². The molecule has 1 atom stereocenters. The lowest BCUT2D eigenvalue weighted by molar-refractivity contribution is -0.117. The molecule has 126 valence electrons. The van der Waals surface area contributed by atoms with Gasteiger partial charge in [0.2, 0.25) is 5.91 Å². The molecule has 2 heterocycles. The van der Waals surface area contributed by atoms with Crippen LogP contribution in [0.25, 0.3) is 0 Å². The first kappa shape index (κ1) is 16.6. The molecule has 1 aromatic rings. The molecule has 1 amide bonds. The highest BCUT2D eigenvalue weighted by Crippen LogP contribution is 2.31. The van der Waals surface area contributed by atoms with E-state index in [0.29, 0.717) is 13.1 Å². The number of rotatable bonds is 7. The molecule has 1 aliphatic heterocycles. The van der Waals surface area contributed by atoms with E-state index in [0.717, 1.165) is 44.0 Å². The molecule has 1 saturated heterocycles. The number of carbonyl (C=O) groups is 1. The molecular formula is C17H25N3O2S. The molecule has 0 aromatic carbocycles. The minimum absolute atomic E-state index is 0.0500. The van der Waals surface area contributed by atoms with Gasteiger partial charge in [0.1, 0.15) is 0 Å². The van der Waals surface area contributed by atoms with Crippen molar-refractivity contribution in [2.45, 2.75) is 44.6 Å². The van der Waals surface area contributed by atoms with Crippen molar-refractivity contribution in [2.75, 3.05) is 31.1 Å². The Morgan fingerprint density at radius 3 is 3.04 bits per heavy atom. The van der Waals surface area contributed by atoms with E-state index in [1.54, 1.807) is 22.3 Å². The first-order chi connectivity index (χ1) is 11.3. The van der Waals surface area contributed by atoms with E-state index < -0.39 is 0 Å². The molecule has 2 aliphatic rings. The van der Waals surface area contributed by atoms with Gasteiger partial charge in [0, 0.05) is 24.6 Å². The predicted octanol–water partition coefficient (Wildman–Crippen LogP) is 2.31. The SMILES string of the molecule is C=CCN(C(=O)CNCC1CCCO1)c1nc2c(s1)CCCC2. The summed E-state index contributed by atoms with van der Waals surface area (Å²) in [6.07, 6.45) is 8.78. The van der Waals surface area contributed by atoms with Crippen LogP contribution in [0.2, 0.25) is 0 Å². The van der Waals surface area contributed by atoms with Gasteiger partial charge in [-0.1, -0.05) is 6.08 Å². The van der Waals surface area contributed by atoms with Gasteiger partial charge >= 0.3 is 0 Å². The Morgan fingerprint density at radius 2 is 2.30 bits per heavy atom. The molecule has 0 saturated carbocycles. The monoisotopic (exact) mass is 335 g/mol. The van der Waals surface area contributed by atoms with E-state index in [2.05, 4.69) is 11.9 Å². The Kier molecular flexibility index (Phi) is 5.80. The van der Waals surface area contributed by atoms with Gasteiger partial charge in [-0.25, -0.2) is 4.98 Å². The molecule has 1 aromatic heterocycles. The minimum atomic E-state index is 0.0500. The molecule has 1 fully saturated rings. The number of anilines is 1. The predicted molar refractivity (Wildman–Crippen MR) is 93.1 cm³/mol. The number of nitrogens with one attached hydrogen (secondary N) is 1. The van der Waals surface area contributed by atoms with Gasteiger partial charge in [-0.15, -0.1) is 17.9 Å². The van der Waals surface area contributed by atoms with Crippen molar-refractivity contribution >= 4 is 22.4 Å². The van der Waals surface area contributed by atoms with Gasteiger partial charge in [0.15, 0.2) is 5.13 Å². The van der Waals surface area contributed by atoms with E-state index in [9.17, 15) is 4.79 Å². The number of nitrogens with zero attached hydrogens (tertiary/aromatic N) is 2. The first-order valence-corrected chi connectivity index (χ1v) is 9.31. The molecule has 1 unspecified atom stereocenters. The van der Waals surface area contributed by atoms with Crippen molar-refractivity contribution in [1.82, 2.24) is 10.3 Å². The van der Waals surface area contributed by atoms with Crippen LogP contribution >= 0.6 is 11.3 Å². The number of aryl methyl sites for hydroxylation is 2. The summed E-state index contributed by atoms with van der Waals surface area (Å²) in [5, 5.41) is 4.04. The quantitative estimate of drug-likeness (QED) is 0.777. The van der Waals surface area contributed by atoms with Crippen molar-refractivity contribution < 1.29 is 9.53 Å². The lowest BCUT2D eigenvalue weighted by Crippen LogP contribution is -2.40. The second-order valence-corrected chi connectivity index (χ2v) is 7.19. The number of aromatic nitrogens is 1. The van der Waals surface area contributed by atoms with Gasteiger partial charge in [0.25, 0.3) is 0 Å². The van der Waals surface area contributed by atoms with Crippen LogP contribution in [0.5, 0.6) is 0 Å². The molecule has 5 nitrogen and oxygen atoms in total. The van der Waals surface area contributed by atoms with E-state index >= 15 is 0 Å². The normalized spacial score (nSPS) is 20.3. The van der Waals surface area contributed by atoms with Gasteiger partial charge in [0.05, 0.1) is 18.3 Å². The number of thiazole rings is 1. The molecule has 0 spiro atoms. The Morgan fingerprint density at radius 1 is 1.43 bits per heavy atom. The smallest absolute Gasteiger partial charge is 0.243 e. The average molecular weight is 335 g/mol. The van der Waals surface area contributed by atoms with Crippen LogP contribution in [-0.2, 0) is 22.4 Å². The van der Waals surface area contributed by atoms with Crippen LogP contribution in [0.15, 0.2) is 12.7 Å². The maximum atomic E-state index is 12.6. The maximum absolute atomic E-state index is 12.6. The van der Waals surface area contributed by atoms with Crippen LogP contribution in [-0.4, -0.2) is 43.2 Å². The van der Waals surface area contributed by atoms with Crippen molar-refractivity contribution in [3.63, 3.8) is 0 Å². The van der Waals surface area contributed by atoms with Gasteiger partial charge in [-0.2, -0.15) is 0 Å². The fraction of sp³-hybridized carbons (Fsp3) is 0.647. The molecular weight excluding hydrogens is 310 g/mol. The zero-order valence-corrected chi connectivity index (χ0v) is 14.4. The highest BCUT2D eigenvalue weighted by molar-refractivity contribution is 7.16. The molecule has 6 heteroatoms. The highest BCUT2D eigenvalue weighted by Gasteiger charge is 2.22. The van der Waals surface area contributed by atoms with E-state index in [1.165, 1.54) is 23.4 Å². The second kappa shape index (κ2) is 8.04. The zero-order chi connectivity index (χ0) is 16.1. The van der Waals surface area contributed by atoms with Gasteiger partial charge in [-0.05, 0) is 38.5 Å². The van der Waals surface area contributed by atoms with E-state index in [4.69, 9.17) is 9.72 Å². The summed E-state index contributed by atoms with van der Waals surface area (Å²) in [7, 11) is 0. The standard InChI is InChI=1S/C17H25N3O2S/c1-2-9-20(16(21)12-18-11-13-6-5-10-22-13)17-19-14-7-3-4-8-15(14)23-17/h2,13,18H,1,3-12H2. The minimum Gasteiger partial charge on any atom is -0.377 e. The summed E-state index contributed by atoms with van der Waals surface area (Å²) in [6.45, 7) is 6.18. The van der Waals surface area contributed by atoms with Crippen molar-refractivity contribution in [3.05, 3.63) is 23.2 Å². The number of amides is 1. The lowest BCUT2D eigenvalue weighted by Gasteiger charge is -2.19. The maximum Gasteiger partial charge on any atom is 0.243 e. The summed E-state index contributed by atoms with van der Waals surface area (Å²) >= 11 is 1.66. The number of hydrogen-bond acceptors (Lipinski definition) is 5. The van der Waals surface area contributed by atoms with Crippen LogP contribution in [0.3, 0.4) is 0 Å². The summed E-state index contributed by atoms with van der Waals surface area (Å²) in [4.78, 5) is 20.4. The number of ether oxygens (including phenoxy) is 1. The summed E-state index contributed by atoms with van der Waals surface area (Å²) < 4.78 is 5.57. The number of fused-ring (bicyclic) bond motifs is 1. The fourth-order valence-corrected chi connectivity index (χ4v) is 4.29. The Balaban J connectivity index is 1.59. The Hall–Kier alpha value is -1.24. The number of carbonyl (C=O) groups excluding carboxylic acids is 1. The van der Waals surface area contributed by atoms with Gasteiger partial charge < -0.3 is 10.1 Å². The summed E-state index contributed by atoms with van der Waals surface area (Å²) in [5.41, 5.74) is 1.19. The molecule has 1 aliphatic carbocycles. The molecule has 1 N–H and O–H groups in total. The second-order valence-electron chi connectivity index (χ2n) is 6.13. The fourth-order valence-electron chi connectivity index (χ4n) is 3.11. The summed E-state index contributed by atoms with van der Waals surface area (Å²) in [6, 6.07) is 0. The topological polar surface area (TPSA) is 54.5 Å². The van der Waals surface area contributed by atoms with Crippen LogP contribution in [0.4, 0.5) is 5.13 Å². The van der Waals surface area contributed by atoms with E-state index in [-0.39, 0.29) is 12.0 Å².